The van der Waals surface area contributed by atoms with Crippen LogP contribution in [0.4, 0.5) is 0 Å². The zero-order chi connectivity index (χ0) is 18.0. The first-order valence-corrected chi connectivity index (χ1v) is 8.91. The number of hydrogen-bond acceptors (Lipinski definition) is 3. The molecular weight excluding hydrogens is 302 g/mol. The molecule has 0 amide bonds. The Morgan fingerprint density at radius 3 is 2.62 bits per heavy atom. The van der Waals surface area contributed by atoms with Gasteiger partial charge < -0.3 is 19.9 Å². The maximum atomic E-state index is 5.57. The molecule has 0 aliphatic heterocycles. The SMILES string of the molecule is CCNC(=NCC(OC)C(C)(C)C)NCCCCn1ccnc1C. The highest BCUT2D eigenvalue weighted by molar-refractivity contribution is 5.79. The van der Waals surface area contributed by atoms with Crippen LogP contribution < -0.4 is 10.6 Å². The molecular formula is C18H35N5O. The first kappa shape index (κ1) is 20.5. The summed E-state index contributed by atoms with van der Waals surface area (Å²) in [4.78, 5) is 8.91. The number of nitrogens with zero attached hydrogens (tertiary/aromatic N) is 3. The van der Waals surface area contributed by atoms with Crippen molar-refractivity contribution in [2.24, 2.45) is 10.4 Å². The Hall–Kier alpha value is -1.56. The molecule has 1 atom stereocenters. The van der Waals surface area contributed by atoms with E-state index in [-0.39, 0.29) is 11.5 Å². The Bertz CT molecular complexity index is 490. The monoisotopic (exact) mass is 337 g/mol. The van der Waals surface area contributed by atoms with Crippen LogP contribution in [0.5, 0.6) is 0 Å². The van der Waals surface area contributed by atoms with Gasteiger partial charge in [-0.15, -0.1) is 0 Å². The van der Waals surface area contributed by atoms with E-state index in [9.17, 15) is 0 Å². The molecule has 6 nitrogen and oxygen atoms in total. The molecule has 0 fully saturated rings. The van der Waals surface area contributed by atoms with Crippen molar-refractivity contribution in [2.75, 3.05) is 26.7 Å². The van der Waals surface area contributed by atoms with Crippen molar-refractivity contribution in [1.29, 1.82) is 0 Å². The third-order valence-electron chi connectivity index (χ3n) is 4.05. The number of nitrogens with one attached hydrogen (secondary N) is 2. The first-order valence-electron chi connectivity index (χ1n) is 8.91. The molecule has 0 radical (unpaired) electrons. The molecule has 1 heterocycles. The average molecular weight is 338 g/mol. The lowest BCUT2D eigenvalue weighted by Gasteiger charge is -2.28. The van der Waals surface area contributed by atoms with E-state index < -0.39 is 0 Å². The second-order valence-corrected chi connectivity index (χ2v) is 7.11. The van der Waals surface area contributed by atoms with Crippen molar-refractivity contribution in [3.63, 3.8) is 0 Å². The molecule has 1 aromatic heterocycles. The summed E-state index contributed by atoms with van der Waals surface area (Å²) in [5, 5.41) is 6.70. The number of ether oxygens (including phenoxy) is 1. The summed E-state index contributed by atoms with van der Waals surface area (Å²) in [5.41, 5.74) is 0.0816. The number of rotatable bonds is 9. The average Bonchev–Trinajstić information content (AvgIpc) is 2.91. The minimum Gasteiger partial charge on any atom is -0.379 e. The van der Waals surface area contributed by atoms with Crippen LogP contribution in [0.2, 0.25) is 0 Å². The Morgan fingerprint density at radius 1 is 1.33 bits per heavy atom. The van der Waals surface area contributed by atoms with Crippen LogP contribution in [-0.2, 0) is 11.3 Å². The Morgan fingerprint density at radius 2 is 2.08 bits per heavy atom. The van der Waals surface area contributed by atoms with Gasteiger partial charge in [-0.25, -0.2) is 4.98 Å². The molecule has 24 heavy (non-hydrogen) atoms. The Balaban J connectivity index is 2.36. The summed E-state index contributed by atoms with van der Waals surface area (Å²) in [5.74, 6) is 1.94. The number of methoxy groups -OCH3 is 1. The second kappa shape index (κ2) is 10.3. The fourth-order valence-electron chi connectivity index (χ4n) is 2.47. The highest BCUT2D eigenvalue weighted by Gasteiger charge is 2.23. The van der Waals surface area contributed by atoms with Gasteiger partial charge in [-0.1, -0.05) is 20.8 Å². The number of unbranched alkanes of at least 4 members (excludes halogenated alkanes) is 1. The van der Waals surface area contributed by atoms with Gasteiger partial charge >= 0.3 is 0 Å². The smallest absolute Gasteiger partial charge is 0.191 e. The second-order valence-electron chi connectivity index (χ2n) is 7.11. The van der Waals surface area contributed by atoms with Crippen LogP contribution >= 0.6 is 0 Å². The quantitative estimate of drug-likeness (QED) is 0.413. The molecule has 1 rings (SSSR count). The number of imidazole rings is 1. The number of aromatic nitrogens is 2. The molecule has 0 aliphatic rings. The largest absolute Gasteiger partial charge is 0.379 e. The van der Waals surface area contributed by atoms with Crippen molar-refractivity contribution in [3.05, 3.63) is 18.2 Å². The van der Waals surface area contributed by atoms with Crippen LogP contribution in [-0.4, -0.2) is 48.4 Å². The highest BCUT2D eigenvalue weighted by atomic mass is 16.5. The van der Waals surface area contributed by atoms with Crippen LogP contribution in [0.3, 0.4) is 0 Å². The lowest BCUT2D eigenvalue weighted by atomic mass is 9.89. The summed E-state index contributed by atoms with van der Waals surface area (Å²) in [7, 11) is 1.75. The molecule has 1 unspecified atom stereocenters. The van der Waals surface area contributed by atoms with Gasteiger partial charge in [-0.05, 0) is 32.1 Å². The van der Waals surface area contributed by atoms with Gasteiger partial charge in [0.15, 0.2) is 5.96 Å². The molecule has 0 saturated heterocycles. The van der Waals surface area contributed by atoms with E-state index in [0.29, 0.717) is 6.54 Å². The van der Waals surface area contributed by atoms with E-state index in [2.05, 4.69) is 52.9 Å². The zero-order valence-electron chi connectivity index (χ0n) is 16.2. The lowest BCUT2D eigenvalue weighted by molar-refractivity contribution is 0.0241. The van der Waals surface area contributed by atoms with Gasteiger partial charge in [0.05, 0.1) is 12.6 Å². The molecule has 0 bridgehead atoms. The summed E-state index contributed by atoms with van der Waals surface area (Å²) in [6, 6.07) is 0. The predicted molar refractivity (Wildman–Crippen MR) is 100 cm³/mol. The highest BCUT2D eigenvalue weighted by Crippen LogP contribution is 2.21. The zero-order valence-corrected chi connectivity index (χ0v) is 16.2. The number of guanidine groups is 1. The van der Waals surface area contributed by atoms with Crippen molar-refractivity contribution >= 4 is 5.96 Å². The molecule has 0 saturated carbocycles. The van der Waals surface area contributed by atoms with Gasteiger partial charge in [0.25, 0.3) is 0 Å². The summed E-state index contributed by atoms with van der Waals surface area (Å²) >= 11 is 0. The Kier molecular flexibility index (Phi) is 8.82. The Labute approximate surface area is 147 Å². The number of aryl methyl sites for hydroxylation is 2. The molecule has 1 aromatic rings. The standard InChI is InChI=1S/C18H35N5O/c1-7-19-17(22-14-16(24-6)18(3,4)5)21-10-8-9-12-23-13-11-20-15(23)2/h11,13,16H,7-10,12,14H2,1-6H3,(H2,19,21,22). The normalized spacial score (nSPS) is 13.8. The maximum Gasteiger partial charge on any atom is 0.191 e. The van der Waals surface area contributed by atoms with Crippen molar-refractivity contribution in [2.45, 2.75) is 60.1 Å². The van der Waals surface area contributed by atoms with Crippen molar-refractivity contribution < 1.29 is 4.74 Å². The van der Waals surface area contributed by atoms with Gasteiger partial charge in [-0.3, -0.25) is 4.99 Å². The summed E-state index contributed by atoms with van der Waals surface area (Å²) in [6.07, 6.45) is 6.20. The fraction of sp³-hybridized carbons (Fsp3) is 0.778. The topological polar surface area (TPSA) is 63.5 Å². The number of aliphatic imine (C=N–C) groups is 1. The van der Waals surface area contributed by atoms with Crippen LogP contribution in [0.1, 0.15) is 46.4 Å². The lowest BCUT2D eigenvalue weighted by Crippen LogP contribution is -2.39. The van der Waals surface area contributed by atoms with E-state index in [0.717, 1.165) is 44.3 Å². The summed E-state index contributed by atoms with van der Waals surface area (Å²) in [6.45, 7) is 14.1. The van der Waals surface area contributed by atoms with Gasteiger partial charge in [0, 0.05) is 39.1 Å². The molecule has 0 aliphatic carbocycles. The maximum absolute atomic E-state index is 5.57. The molecule has 0 aromatic carbocycles. The van der Waals surface area contributed by atoms with Crippen molar-refractivity contribution in [3.8, 4) is 0 Å². The predicted octanol–water partition coefficient (Wildman–Crippen LogP) is 2.59. The molecule has 0 spiro atoms. The molecule has 6 heteroatoms. The van der Waals surface area contributed by atoms with Crippen molar-refractivity contribution in [1.82, 2.24) is 20.2 Å². The van der Waals surface area contributed by atoms with Gasteiger partial charge in [0.1, 0.15) is 5.82 Å². The molecule has 2 N–H and O–H groups in total. The molecule has 138 valence electrons. The van der Waals surface area contributed by atoms with E-state index in [1.165, 1.54) is 0 Å². The van der Waals surface area contributed by atoms with E-state index >= 15 is 0 Å². The van der Waals surface area contributed by atoms with Crippen LogP contribution in [0.15, 0.2) is 17.4 Å². The van der Waals surface area contributed by atoms with Crippen LogP contribution in [0.25, 0.3) is 0 Å². The van der Waals surface area contributed by atoms with E-state index in [1.54, 1.807) is 7.11 Å². The third-order valence-corrected chi connectivity index (χ3v) is 4.05. The van der Waals surface area contributed by atoms with E-state index in [4.69, 9.17) is 4.74 Å². The third kappa shape index (κ3) is 7.34. The minimum absolute atomic E-state index is 0.0816. The van der Waals surface area contributed by atoms with Crippen LogP contribution in [0, 0.1) is 12.3 Å². The first-order chi connectivity index (χ1) is 11.4. The van der Waals surface area contributed by atoms with Gasteiger partial charge in [0.2, 0.25) is 0 Å². The van der Waals surface area contributed by atoms with E-state index in [1.807, 2.05) is 19.3 Å². The van der Waals surface area contributed by atoms with Gasteiger partial charge in [-0.2, -0.15) is 0 Å². The summed E-state index contributed by atoms with van der Waals surface area (Å²) < 4.78 is 7.75. The number of hydrogen-bond donors (Lipinski definition) is 2. The fourth-order valence-corrected chi connectivity index (χ4v) is 2.47. The minimum atomic E-state index is 0.0816.